The van der Waals surface area contributed by atoms with Gasteiger partial charge in [-0.3, -0.25) is 9.59 Å². The first-order valence-corrected chi connectivity index (χ1v) is 11.8. The maximum atomic E-state index is 14.2. The van der Waals surface area contributed by atoms with Crippen LogP contribution in [0.15, 0.2) is 24.5 Å². The topological polar surface area (TPSA) is 120 Å². The minimum Gasteiger partial charge on any atom is -0.493 e. The van der Waals surface area contributed by atoms with Crippen LogP contribution in [0.2, 0.25) is 0 Å². The monoisotopic (exact) mass is 481 g/mol. The second-order valence-electron chi connectivity index (χ2n) is 9.43. The molecule has 1 saturated heterocycles. The first kappa shape index (κ1) is 23.2. The number of H-pyrrole nitrogens is 1. The lowest BCUT2D eigenvalue weighted by Gasteiger charge is -2.19. The number of ether oxygens (including phenoxy) is 1. The van der Waals surface area contributed by atoms with Crippen molar-refractivity contribution < 1.29 is 23.8 Å². The summed E-state index contributed by atoms with van der Waals surface area (Å²) in [6.45, 7) is 4.00. The standard InChI is InChI=1S/C25H28FN5O4/c1-13-7-17(9-31(13)20(33)10-32)30-25(34)21-14(2)29-24-22(27-12-28-23(21)24)18-8-16(26)5-6-19(18)35-11-15-3-4-15/h5-6,8,12-13,15,17,29,32H,3-4,7,9-11H2,1-2H3,(H,30,34)/t13-,17-/m1/s1. The number of rotatable bonds is 7. The Morgan fingerprint density at radius 2 is 2.11 bits per heavy atom. The second-order valence-corrected chi connectivity index (χ2v) is 9.43. The van der Waals surface area contributed by atoms with Crippen LogP contribution in [0.25, 0.3) is 22.3 Å². The second kappa shape index (κ2) is 9.26. The molecule has 2 amide bonds. The molecule has 2 atom stereocenters. The molecule has 1 aromatic carbocycles. The van der Waals surface area contributed by atoms with Crippen molar-refractivity contribution in [2.75, 3.05) is 19.8 Å². The van der Waals surface area contributed by atoms with E-state index in [1.54, 1.807) is 17.9 Å². The SMILES string of the molecule is Cc1[nH]c2c(-c3cc(F)ccc3OCC3CC3)ncnc2c1C(=O)N[C@@H]1C[C@@H](C)N(C(=O)CO)C1. The number of fused-ring (bicyclic) bond motifs is 1. The highest BCUT2D eigenvalue weighted by atomic mass is 19.1. The third-order valence-corrected chi connectivity index (χ3v) is 6.73. The Hall–Kier alpha value is -3.53. The van der Waals surface area contributed by atoms with Gasteiger partial charge in [-0.25, -0.2) is 14.4 Å². The van der Waals surface area contributed by atoms with E-state index >= 15 is 0 Å². The van der Waals surface area contributed by atoms with Crippen molar-refractivity contribution >= 4 is 22.8 Å². The molecule has 10 heteroatoms. The fourth-order valence-electron chi connectivity index (χ4n) is 4.74. The van der Waals surface area contributed by atoms with Crippen molar-refractivity contribution in [3.8, 4) is 17.0 Å². The number of aromatic amines is 1. The molecule has 1 saturated carbocycles. The fraction of sp³-hybridized carbons (Fsp3) is 0.440. The van der Waals surface area contributed by atoms with Gasteiger partial charge in [-0.1, -0.05) is 0 Å². The first-order valence-electron chi connectivity index (χ1n) is 11.8. The van der Waals surface area contributed by atoms with Crippen molar-refractivity contribution in [2.24, 2.45) is 5.92 Å². The Morgan fingerprint density at radius 3 is 2.86 bits per heavy atom. The van der Waals surface area contributed by atoms with Crippen LogP contribution in [0.4, 0.5) is 4.39 Å². The molecule has 0 bridgehead atoms. The molecule has 2 aliphatic rings. The average molecular weight is 482 g/mol. The number of halogens is 1. The van der Waals surface area contributed by atoms with E-state index in [0.717, 1.165) is 12.8 Å². The summed E-state index contributed by atoms with van der Waals surface area (Å²) in [5.74, 6) is -0.0273. The molecule has 0 spiro atoms. The van der Waals surface area contributed by atoms with E-state index in [0.29, 0.717) is 64.8 Å². The summed E-state index contributed by atoms with van der Waals surface area (Å²) in [5.41, 5.74) is 2.88. The molecular weight excluding hydrogens is 453 g/mol. The first-order chi connectivity index (χ1) is 16.9. The number of likely N-dealkylation sites (tertiary alicyclic amines) is 1. The summed E-state index contributed by atoms with van der Waals surface area (Å²) in [6.07, 6.45) is 4.21. The number of amides is 2. The normalized spacial score (nSPS) is 19.8. The van der Waals surface area contributed by atoms with E-state index < -0.39 is 12.4 Å². The van der Waals surface area contributed by atoms with Crippen LogP contribution < -0.4 is 10.1 Å². The average Bonchev–Trinajstić information content (AvgIpc) is 3.50. The van der Waals surface area contributed by atoms with Crippen molar-refractivity contribution in [3.63, 3.8) is 0 Å². The van der Waals surface area contributed by atoms with Gasteiger partial charge in [0.15, 0.2) is 0 Å². The molecule has 9 nitrogen and oxygen atoms in total. The Balaban J connectivity index is 1.45. The number of nitrogens with one attached hydrogen (secondary N) is 2. The summed E-state index contributed by atoms with van der Waals surface area (Å²) in [6, 6.07) is 4.01. The highest BCUT2D eigenvalue weighted by molar-refractivity contribution is 6.09. The van der Waals surface area contributed by atoms with E-state index in [9.17, 15) is 19.1 Å². The van der Waals surface area contributed by atoms with E-state index in [-0.39, 0.29) is 23.9 Å². The highest BCUT2D eigenvalue weighted by Crippen LogP contribution is 2.36. The van der Waals surface area contributed by atoms with Gasteiger partial charge in [0, 0.05) is 29.9 Å². The van der Waals surface area contributed by atoms with Gasteiger partial charge < -0.3 is 25.0 Å². The van der Waals surface area contributed by atoms with E-state index in [1.165, 1.54) is 18.5 Å². The number of benzene rings is 1. The molecular formula is C25H28FN5O4. The molecule has 3 heterocycles. The molecule has 0 unspecified atom stereocenters. The van der Waals surface area contributed by atoms with Crippen LogP contribution in [0.5, 0.6) is 5.75 Å². The lowest BCUT2D eigenvalue weighted by molar-refractivity contribution is -0.134. The zero-order valence-corrected chi connectivity index (χ0v) is 19.7. The van der Waals surface area contributed by atoms with Gasteiger partial charge in [-0.2, -0.15) is 0 Å². The van der Waals surface area contributed by atoms with Gasteiger partial charge >= 0.3 is 0 Å². The van der Waals surface area contributed by atoms with Gasteiger partial charge in [-0.15, -0.1) is 0 Å². The van der Waals surface area contributed by atoms with E-state index in [4.69, 9.17) is 4.74 Å². The fourth-order valence-corrected chi connectivity index (χ4v) is 4.74. The number of carbonyl (C=O) groups is 2. The molecule has 35 heavy (non-hydrogen) atoms. The van der Waals surface area contributed by atoms with Gasteiger partial charge in [-0.05, 0) is 57.2 Å². The minimum absolute atomic E-state index is 0.0834. The number of hydrogen-bond acceptors (Lipinski definition) is 6. The zero-order valence-electron chi connectivity index (χ0n) is 19.7. The predicted octanol–water partition coefficient (Wildman–Crippen LogP) is 2.57. The third-order valence-electron chi connectivity index (χ3n) is 6.73. The van der Waals surface area contributed by atoms with Crippen LogP contribution in [-0.4, -0.2) is 68.6 Å². The van der Waals surface area contributed by atoms with Crippen molar-refractivity contribution in [1.29, 1.82) is 0 Å². The Morgan fingerprint density at radius 1 is 1.31 bits per heavy atom. The Bertz CT molecular complexity index is 1290. The summed E-state index contributed by atoms with van der Waals surface area (Å²) in [4.78, 5) is 38.7. The molecule has 0 radical (unpaired) electrons. The molecule has 3 aromatic rings. The van der Waals surface area contributed by atoms with Crippen LogP contribution in [0.3, 0.4) is 0 Å². The minimum atomic E-state index is -0.557. The number of aromatic nitrogens is 3. The van der Waals surface area contributed by atoms with Crippen LogP contribution >= 0.6 is 0 Å². The number of carbonyl (C=O) groups excluding carboxylic acids is 2. The third kappa shape index (κ3) is 4.58. The van der Waals surface area contributed by atoms with Gasteiger partial charge in [0.25, 0.3) is 5.91 Å². The summed E-state index contributed by atoms with van der Waals surface area (Å²) < 4.78 is 20.2. The van der Waals surface area contributed by atoms with Crippen LogP contribution in [0.1, 0.15) is 42.2 Å². The smallest absolute Gasteiger partial charge is 0.255 e. The predicted molar refractivity (Wildman–Crippen MR) is 126 cm³/mol. The molecule has 2 fully saturated rings. The molecule has 2 aromatic heterocycles. The molecule has 1 aliphatic carbocycles. The van der Waals surface area contributed by atoms with Crippen molar-refractivity contribution in [2.45, 2.75) is 45.2 Å². The summed E-state index contributed by atoms with van der Waals surface area (Å²) >= 11 is 0. The number of aryl methyl sites for hydroxylation is 1. The largest absolute Gasteiger partial charge is 0.493 e. The van der Waals surface area contributed by atoms with E-state index in [1.807, 2.05) is 6.92 Å². The summed E-state index contributed by atoms with van der Waals surface area (Å²) in [7, 11) is 0. The maximum absolute atomic E-state index is 14.2. The lowest BCUT2D eigenvalue weighted by Crippen LogP contribution is -2.40. The molecule has 1 aliphatic heterocycles. The van der Waals surface area contributed by atoms with Crippen molar-refractivity contribution in [1.82, 2.24) is 25.2 Å². The zero-order chi connectivity index (χ0) is 24.7. The number of aliphatic hydroxyl groups is 1. The number of hydrogen-bond donors (Lipinski definition) is 3. The van der Waals surface area contributed by atoms with Crippen molar-refractivity contribution in [3.05, 3.63) is 41.6 Å². The van der Waals surface area contributed by atoms with Crippen LogP contribution in [-0.2, 0) is 4.79 Å². The van der Waals surface area contributed by atoms with Crippen LogP contribution in [0, 0.1) is 18.7 Å². The Labute approximate surface area is 201 Å². The van der Waals surface area contributed by atoms with Gasteiger partial charge in [0.05, 0.1) is 17.7 Å². The van der Waals surface area contributed by atoms with Gasteiger partial charge in [0.1, 0.15) is 35.7 Å². The highest BCUT2D eigenvalue weighted by Gasteiger charge is 2.34. The lowest BCUT2D eigenvalue weighted by atomic mass is 10.1. The number of aliphatic hydroxyl groups excluding tert-OH is 1. The van der Waals surface area contributed by atoms with Gasteiger partial charge in [0.2, 0.25) is 5.91 Å². The molecule has 184 valence electrons. The summed E-state index contributed by atoms with van der Waals surface area (Å²) in [5, 5.41) is 12.2. The number of nitrogens with zero attached hydrogens (tertiary/aromatic N) is 3. The Kier molecular flexibility index (Phi) is 6.14. The molecule has 5 rings (SSSR count). The molecule has 3 N–H and O–H groups in total. The quantitative estimate of drug-likeness (QED) is 0.477. The van der Waals surface area contributed by atoms with E-state index in [2.05, 4.69) is 20.3 Å². The maximum Gasteiger partial charge on any atom is 0.255 e.